The molecule has 0 saturated heterocycles. The normalized spacial score (nSPS) is 11.2. The van der Waals surface area contributed by atoms with Crippen molar-refractivity contribution in [3.05, 3.63) is 76.5 Å². The highest BCUT2D eigenvalue weighted by Gasteiger charge is 2.15. The van der Waals surface area contributed by atoms with Crippen molar-refractivity contribution in [2.45, 2.75) is 25.9 Å². The lowest BCUT2D eigenvalue weighted by Crippen LogP contribution is -2.24. The van der Waals surface area contributed by atoms with Gasteiger partial charge in [0.25, 0.3) is 5.56 Å². The quantitative estimate of drug-likeness (QED) is 0.548. The number of para-hydroxylation sites is 1. The Kier molecular flexibility index (Phi) is 5.12. The number of aryl methyl sites for hydroxylation is 2. The van der Waals surface area contributed by atoms with Crippen molar-refractivity contribution >= 4 is 27.7 Å². The van der Waals surface area contributed by atoms with E-state index in [-0.39, 0.29) is 30.2 Å². The molecule has 0 radical (unpaired) electrons. The van der Waals surface area contributed by atoms with E-state index in [1.807, 2.05) is 28.8 Å². The molecule has 0 unspecified atom stereocenters. The number of amides is 1. The molecule has 4 rings (SSSR count). The third kappa shape index (κ3) is 3.63. The molecule has 0 spiro atoms. The molecule has 0 saturated carbocycles. The second-order valence-electron chi connectivity index (χ2n) is 6.98. The van der Waals surface area contributed by atoms with Gasteiger partial charge in [-0.2, -0.15) is 5.10 Å². The Morgan fingerprint density at radius 2 is 1.86 bits per heavy atom. The molecule has 2 heterocycles. The smallest absolute Gasteiger partial charge is 0.291 e. The first-order chi connectivity index (χ1) is 14.1. The van der Waals surface area contributed by atoms with Gasteiger partial charge in [-0.25, -0.2) is 9.07 Å². The molecule has 0 bridgehead atoms. The first-order valence-electron chi connectivity index (χ1n) is 9.49. The summed E-state index contributed by atoms with van der Waals surface area (Å²) in [5.74, 6) is -0.480. The Balaban J connectivity index is 1.49. The van der Waals surface area contributed by atoms with Crippen molar-refractivity contribution < 1.29 is 9.18 Å². The van der Waals surface area contributed by atoms with E-state index in [9.17, 15) is 14.0 Å². The van der Waals surface area contributed by atoms with E-state index < -0.39 is 0 Å². The van der Waals surface area contributed by atoms with Crippen molar-refractivity contribution in [1.82, 2.24) is 19.7 Å². The number of carbonyl (C=O) groups excluding carboxylic acids is 1. The average Bonchev–Trinajstić information content (AvgIpc) is 3.05. The van der Waals surface area contributed by atoms with Gasteiger partial charge in [0.05, 0.1) is 6.20 Å². The van der Waals surface area contributed by atoms with Crippen LogP contribution >= 0.6 is 0 Å². The number of benzene rings is 2. The van der Waals surface area contributed by atoms with Gasteiger partial charge in [-0.05, 0) is 18.6 Å². The number of hydrogen-bond acceptors (Lipinski definition) is 3. The Labute approximate surface area is 166 Å². The van der Waals surface area contributed by atoms with Crippen molar-refractivity contribution in [2.24, 2.45) is 7.05 Å². The number of aromatic nitrogens is 3. The monoisotopic (exact) mass is 392 g/mol. The molecular formula is C22H21FN4O2. The summed E-state index contributed by atoms with van der Waals surface area (Å²) in [5, 5.41) is 8.67. The molecule has 2 aromatic carbocycles. The highest BCUT2D eigenvalue weighted by atomic mass is 19.1. The molecule has 6 nitrogen and oxygen atoms in total. The van der Waals surface area contributed by atoms with E-state index >= 15 is 0 Å². The Bertz CT molecular complexity index is 1260. The number of hydrogen-bond donors (Lipinski definition) is 1. The van der Waals surface area contributed by atoms with E-state index in [2.05, 4.69) is 10.4 Å². The predicted molar refractivity (Wildman–Crippen MR) is 110 cm³/mol. The van der Waals surface area contributed by atoms with Gasteiger partial charge >= 0.3 is 0 Å². The van der Waals surface area contributed by atoms with Crippen LogP contribution < -0.4 is 10.9 Å². The molecule has 0 aliphatic rings. The molecule has 0 aliphatic carbocycles. The maximum Gasteiger partial charge on any atom is 0.291 e. The van der Waals surface area contributed by atoms with Crippen molar-refractivity contribution in [1.29, 1.82) is 0 Å². The lowest BCUT2D eigenvalue weighted by molar-refractivity contribution is -0.121. The molecule has 0 aliphatic heterocycles. The number of halogens is 1. The summed E-state index contributed by atoms with van der Waals surface area (Å²) in [4.78, 5) is 24.9. The zero-order chi connectivity index (χ0) is 20.4. The lowest BCUT2D eigenvalue weighted by atomic mass is 10.2. The standard InChI is InChI=1S/C22H21FN4O2/c1-26-22(29)21-17(14-25-26)16-8-3-5-10-19(16)27(21)12-6-11-20(28)24-13-15-7-2-4-9-18(15)23/h2-5,7-10,14H,6,11-13H2,1H3,(H,24,28). The fraction of sp³-hybridized carbons (Fsp3) is 0.227. The highest BCUT2D eigenvalue weighted by Crippen LogP contribution is 2.26. The molecule has 7 heteroatoms. The van der Waals surface area contributed by atoms with Crippen LogP contribution in [0.1, 0.15) is 18.4 Å². The third-order valence-electron chi connectivity index (χ3n) is 5.09. The molecular weight excluding hydrogens is 371 g/mol. The molecule has 148 valence electrons. The van der Waals surface area contributed by atoms with Crippen LogP contribution in [-0.4, -0.2) is 20.3 Å². The van der Waals surface area contributed by atoms with Crippen LogP contribution in [0.25, 0.3) is 21.8 Å². The SMILES string of the molecule is Cn1ncc2c3ccccc3n(CCCC(=O)NCc3ccccc3F)c2c1=O. The summed E-state index contributed by atoms with van der Waals surface area (Å²) in [6.07, 6.45) is 2.55. The topological polar surface area (TPSA) is 68.9 Å². The third-order valence-corrected chi connectivity index (χ3v) is 5.09. The number of fused-ring (bicyclic) bond motifs is 3. The minimum absolute atomic E-state index is 0.149. The van der Waals surface area contributed by atoms with Gasteiger partial charge in [0, 0.05) is 48.4 Å². The van der Waals surface area contributed by atoms with Crippen LogP contribution in [0.15, 0.2) is 59.5 Å². The zero-order valence-corrected chi connectivity index (χ0v) is 16.1. The van der Waals surface area contributed by atoms with Crippen molar-refractivity contribution in [2.75, 3.05) is 0 Å². The van der Waals surface area contributed by atoms with Crippen LogP contribution in [0.2, 0.25) is 0 Å². The summed E-state index contributed by atoms with van der Waals surface area (Å²) in [6.45, 7) is 0.684. The van der Waals surface area contributed by atoms with Crippen molar-refractivity contribution in [3.8, 4) is 0 Å². The predicted octanol–water partition coefficient (Wildman–Crippen LogP) is 3.12. The zero-order valence-electron chi connectivity index (χ0n) is 16.1. The van der Waals surface area contributed by atoms with Gasteiger partial charge in [-0.3, -0.25) is 9.59 Å². The number of nitrogens with zero attached hydrogens (tertiary/aromatic N) is 3. The van der Waals surface area contributed by atoms with Gasteiger partial charge < -0.3 is 9.88 Å². The molecule has 1 amide bonds. The Morgan fingerprint density at radius 1 is 1.10 bits per heavy atom. The number of carbonyl (C=O) groups is 1. The summed E-state index contributed by atoms with van der Waals surface area (Å²) in [7, 11) is 1.62. The van der Waals surface area contributed by atoms with Gasteiger partial charge in [0.15, 0.2) is 0 Å². The second kappa shape index (κ2) is 7.87. The Morgan fingerprint density at radius 3 is 2.69 bits per heavy atom. The molecule has 0 fully saturated rings. The molecule has 29 heavy (non-hydrogen) atoms. The molecule has 4 aromatic rings. The summed E-state index contributed by atoms with van der Waals surface area (Å²) >= 11 is 0. The fourth-order valence-corrected chi connectivity index (χ4v) is 3.60. The van der Waals surface area contributed by atoms with Crippen LogP contribution in [0.5, 0.6) is 0 Å². The maximum absolute atomic E-state index is 13.7. The van der Waals surface area contributed by atoms with Gasteiger partial charge in [-0.15, -0.1) is 0 Å². The first-order valence-corrected chi connectivity index (χ1v) is 9.49. The highest BCUT2D eigenvalue weighted by molar-refractivity contribution is 6.07. The largest absolute Gasteiger partial charge is 0.352 e. The molecule has 0 atom stereocenters. The van der Waals surface area contributed by atoms with Crippen molar-refractivity contribution in [3.63, 3.8) is 0 Å². The summed E-state index contributed by atoms with van der Waals surface area (Å²) in [6, 6.07) is 14.2. The van der Waals surface area contributed by atoms with Crippen LogP contribution in [0, 0.1) is 5.82 Å². The lowest BCUT2D eigenvalue weighted by Gasteiger charge is -2.09. The van der Waals surface area contributed by atoms with Gasteiger partial charge in [0.1, 0.15) is 11.3 Å². The molecule has 1 N–H and O–H groups in total. The van der Waals surface area contributed by atoms with E-state index in [0.29, 0.717) is 24.0 Å². The number of rotatable bonds is 6. The average molecular weight is 392 g/mol. The molecule has 2 aromatic heterocycles. The Hall–Kier alpha value is -3.48. The van der Waals surface area contributed by atoms with E-state index in [0.717, 1.165) is 16.3 Å². The van der Waals surface area contributed by atoms with E-state index in [1.165, 1.54) is 10.7 Å². The summed E-state index contributed by atoms with van der Waals surface area (Å²) < 4.78 is 16.9. The van der Waals surface area contributed by atoms with E-state index in [4.69, 9.17) is 0 Å². The number of nitrogens with one attached hydrogen (secondary N) is 1. The van der Waals surface area contributed by atoms with E-state index in [1.54, 1.807) is 31.4 Å². The maximum atomic E-state index is 13.7. The van der Waals surface area contributed by atoms with Crippen LogP contribution in [0.3, 0.4) is 0 Å². The first kappa shape index (κ1) is 18.9. The van der Waals surface area contributed by atoms with Gasteiger partial charge in [-0.1, -0.05) is 36.4 Å². The fourth-order valence-electron chi connectivity index (χ4n) is 3.60. The van der Waals surface area contributed by atoms with Crippen LogP contribution in [0.4, 0.5) is 4.39 Å². The second-order valence-corrected chi connectivity index (χ2v) is 6.98. The minimum atomic E-state index is -0.331. The van der Waals surface area contributed by atoms with Crippen LogP contribution in [-0.2, 0) is 24.9 Å². The summed E-state index contributed by atoms with van der Waals surface area (Å²) in [5.41, 5.74) is 1.83. The minimum Gasteiger partial charge on any atom is -0.352 e. The van der Waals surface area contributed by atoms with Gasteiger partial charge in [0.2, 0.25) is 5.91 Å².